The normalized spacial score (nSPS) is 20.4. The fourth-order valence-corrected chi connectivity index (χ4v) is 2.35. The molecule has 1 saturated heterocycles. The molecular weight excluding hydrogens is 218 g/mol. The lowest BCUT2D eigenvalue weighted by molar-refractivity contribution is 0.145. The van der Waals surface area contributed by atoms with Crippen LogP contribution in [0.15, 0.2) is 18.2 Å². The average Bonchev–Trinajstić information content (AvgIpc) is 2.39. The van der Waals surface area contributed by atoms with Crippen molar-refractivity contribution in [2.75, 3.05) is 31.2 Å². The van der Waals surface area contributed by atoms with E-state index in [1.54, 1.807) is 0 Å². The molecule has 1 aromatic carbocycles. The summed E-state index contributed by atoms with van der Waals surface area (Å²) in [5, 5.41) is 9.49. The van der Waals surface area contributed by atoms with Crippen LogP contribution in [-0.4, -0.2) is 37.5 Å². The Morgan fingerprint density at radius 3 is 2.53 bits per heavy atom. The minimum Gasteiger partial charge on any atom is -0.486 e. The Morgan fingerprint density at radius 2 is 1.76 bits per heavy atom. The Hall–Kier alpha value is -1.42. The maximum absolute atomic E-state index is 9.49. The lowest BCUT2D eigenvalue weighted by Crippen LogP contribution is -2.35. The number of piperidine rings is 1. The van der Waals surface area contributed by atoms with Gasteiger partial charge in [0.2, 0.25) is 0 Å². The van der Waals surface area contributed by atoms with Crippen molar-refractivity contribution in [2.24, 2.45) is 0 Å². The molecule has 2 aliphatic heterocycles. The van der Waals surface area contributed by atoms with Crippen LogP contribution in [0.2, 0.25) is 0 Å². The predicted octanol–water partition coefficient (Wildman–Crippen LogP) is 1.42. The van der Waals surface area contributed by atoms with E-state index in [9.17, 15) is 5.11 Å². The van der Waals surface area contributed by atoms with Crippen LogP contribution in [0.1, 0.15) is 12.8 Å². The van der Waals surface area contributed by atoms with Crippen molar-refractivity contribution in [3.8, 4) is 11.5 Å². The van der Waals surface area contributed by atoms with E-state index in [1.807, 2.05) is 12.1 Å². The van der Waals surface area contributed by atoms with Crippen LogP contribution in [0.3, 0.4) is 0 Å². The van der Waals surface area contributed by atoms with E-state index in [0.29, 0.717) is 13.2 Å². The van der Waals surface area contributed by atoms with Crippen LogP contribution in [0, 0.1) is 0 Å². The van der Waals surface area contributed by atoms with Gasteiger partial charge in [0.25, 0.3) is 0 Å². The molecule has 0 amide bonds. The van der Waals surface area contributed by atoms with Gasteiger partial charge in [-0.1, -0.05) is 0 Å². The molecule has 4 nitrogen and oxygen atoms in total. The maximum atomic E-state index is 9.49. The molecule has 17 heavy (non-hydrogen) atoms. The highest BCUT2D eigenvalue weighted by Gasteiger charge is 2.19. The standard InChI is InChI=1S/C13H17NO3/c15-11-3-5-14(6-4-11)10-1-2-12-13(9-10)17-8-7-16-12/h1-2,9,11,15H,3-8H2. The minimum atomic E-state index is -0.136. The van der Waals surface area contributed by atoms with Gasteiger partial charge in [0.05, 0.1) is 6.10 Å². The summed E-state index contributed by atoms with van der Waals surface area (Å²) >= 11 is 0. The second kappa shape index (κ2) is 4.45. The van der Waals surface area contributed by atoms with Gasteiger partial charge in [-0.15, -0.1) is 0 Å². The van der Waals surface area contributed by atoms with Crippen LogP contribution < -0.4 is 14.4 Å². The minimum absolute atomic E-state index is 0.136. The van der Waals surface area contributed by atoms with E-state index < -0.39 is 0 Å². The van der Waals surface area contributed by atoms with Crippen LogP contribution in [0.5, 0.6) is 11.5 Å². The van der Waals surface area contributed by atoms with Gasteiger partial charge in [-0.05, 0) is 25.0 Å². The molecular formula is C13H17NO3. The number of hydrogen-bond acceptors (Lipinski definition) is 4. The second-order valence-corrected chi connectivity index (χ2v) is 4.55. The molecule has 0 atom stereocenters. The Labute approximate surface area is 101 Å². The summed E-state index contributed by atoms with van der Waals surface area (Å²) in [6.07, 6.45) is 1.55. The van der Waals surface area contributed by atoms with Crippen molar-refractivity contribution in [3.05, 3.63) is 18.2 Å². The quantitative estimate of drug-likeness (QED) is 0.799. The molecule has 0 unspecified atom stereocenters. The van der Waals surface area contributed by atoms with E-state index in [-0.39, 0.29) is 6.10 Å². The summed E-state index contributed by atoms with van der Waals surface area (Å²) in [4.78, 5) is 2.28. The Bertz CT molecular complexity index is 400. The van der Waals surface area contributed by atoms with Crippen molar-refractivity contribution < 1.29 is 14.6 Å². The lowest BCUT2D eigenvalue weighted by atomic mass is 10.1. The maximum Gasteiger partial charge on any atom is 0.163 e. The lowest BCUT2D eigenvalue weighted by Gasteiger charge is -2.32. The number of nitrogens with zero attached hydrogens (tertiary/aromatic N) is 1. The first-order valence-electron chi connectivity index (χ1n) is 6.15. The molecule has 4 heteroatoms. The molecule has 0 spiro atoms. The average molecular weight is 235 g/mol. The van der Waals surface area contributed by atoms with Gasteiger partial charge in [0.15, 0.2) is 11.5 Å². The van der Waals surface area contributed by atoms with E-state index in [0.717, 1.165) is 43.1 Å². The van der Waals surface area contributed by atoms with Gasteiger partial charge >= 0.3 is 0 Å². The van der Waals surface area contributed by atoms with Gasteiger partial charge in [-0.25, -0.2) is 0 Å². The van der Waals surface area contributed by atoms with E-state index in [1.165, 1.54) is 0 Å². The van der Waals surface area contributed by atoms with Crippen molar-refractivity contribution in [2.45, 2.75) is 18.9 Å². The van der Waals surface area contributed by atoms with E-state index in [2.05, 4.69) is 11.0 Å². The molecule has 1 fully saturated rings. The summed E-state index contributed by atoms with van der Waals surface area (Å²) in [6, 6.07) is 6.06. The van der Waals surface area contributed by atoms with Gasteiger partial charge < -0.3 is 19.5 Å². The highest BCUT2D eigenvalue weighted by Crippen LogP contribution is 2.34. The van der Waals surface area contributed by atoms with Crippen molar-refractivity contribution >= 4 is 5.69 Å². The fraction of sp³-hybridized carbons (Fsp3) is 0.538. The van der Waals surface area contributed by atoms with Crippen LogP contribution >= 0.6 is 0 Å². The zero-order valence-electron chi connectivity index (χ0n) is 9.76. The number of aliphatic hydroxyl groups excluding tert-OH is 1. The Kier molecular flexibility index (Phi) is 2.81. The predicted molar refractivity (Wildman–Crippen MR) is 64.9 cm³/mol. The van der Waals surface area contributed by atoms with Crippen LogP contribution in [0.25, 0.3) is 0 Å². The molecule has 0 saturated carbocycles. The highest BCUT2D eigenvalue weighted by molar-refractivity contribution is 5.57. The monoisotopic (exact) mass is 235 g/mol. The van der Waals surface area contributed by atoms with E-state index in [4.69, 9.17) is 9.47 Å². The molecule has 2 heterocycles. The SMILES string of the molecule is OC1CCN(c2ccc3c(c2)OCCO3)CC1. The van der Waals surface area contributed by atoms with Gasteiger partial charge in [-0.3, -0.25) is 0 Å². The summed E-state index contributed by atoms with van der Waals surface area (Å²) in [5.41, 5.74) is 1.15. The van der Waals surface area contributed by atoms with Gasteiger partial charge in [0, 0.05) is 24.8 Å². The molecule has 3 rings (SSSR count). The fourth-order valence-electron chi connectivity index (χ4n) is 2.35. The number of anilines is 1. The molecule has 0 aromatic heterocycles. The Balaban J connectivity index is 1.79. The first-order valence-corrected chi connectivity index (χ1v) is 6.15. The Morgan fingerprint density at radius 1 is 1.06 bits per heavy atom. The summed E-state index contributed by atoms with van der Waals surface area (Å²) in [7, 11) is 0. The number of aliphatic hydroxyl groups is 1. The zero-order chi connectivity index (χ0) is 11.7. The third-order valence-corrected chi connectivity index (χ3v) is 3.36. The van der Waals surface area contributed by atoms with Crippen LogP contribution in [0.4, 0.5) is 5.69 Å². The second-order valence-electron chi connectivity index (χ2n) is 4.55. The van der Waals surface area contributed by atoms with Crippen LogP contribution in [-0.2, 0) is 0 Å². The first kappa shape index (κ1) is 10.7. The molecule has 1 N–H and O–H groups in total. The number of hydrogen-bond donors (Lipinski definition) is 1. The number of benzene rings is 1. The van der Waals surface area contributed by atoms with Crippen molar-refractivity contribution in [3.63, 3.8) is 0 Å². The topological polar surface area (TPSA) is 41.9 Å². The van der Waals surface area contributed by atoms with Gasteiger partial charge in [0.1, 0.15) is 13.2 Å². The summed E-state index contributed by atoms with van der Waals surface area (Å²) in [6.45, 7) is 3.05. The highest BCUT2D eigenvalue weighted by atomic mass is 16.6. The zero-order valence-corrected chi connectivity index (χ0v) is 9.76. The molecule has 0 bridgehead atoms. The van der Waals surface area contributed by atoms with Crippen molar-refractivity contribution in [1.29, 1.82) is 0 Å². The number of rotatable bonds is 1. The molecule has 0 radical (unpaired) electrons. The third kappa shape index (κ3) is 2.17. The first-order chi connectivity index (χ1) is 8.33. The molecule has 0 aliphatic carbocycles. The van der Waals surface area contributed by atoms with Crippen molar-refractivity contribution in [1.82, 2.24) is 0 Å². The van der Waals surface area contributed by atoms with E-state index >= 15 is 0 Å². The largest absolute Gasteiger partial charge is 0.486 e. The third-order valence-electron chi connectivity index (χ3n) is 3.36. The molecule has 2 aliphatic rings. The smallest absolute Gasteiger partial charge is 0.163 e. The number of ether oxygens (including phenoxy) is 2. The summed E-state index contributed by atoms with van der Waals surface area (Å²) in [5.74, 6) is 1.66. The molecule has 92 valence electrons. The summed E-state index contributed by atoms with van der Waals surface area (Å²) < 4.78 is 11.1. The number of fused-ring (bicyclic) bond motifs is 1. The molecule has 1 aromatic rings. The van der Waals surface area contributed by atoms with Gasteiger partial charge in [-0.2, -0.15) is 0 Å².